The van der Waals surface area contributed by atoms with Gasteiger partial charge in [-0.2, -0.15) is 0 Å². The minimum atomic E-state index is 0.229. The third-order valence-electron chi connectivity index (χ3n) is 4.43. The molecule has 1 fully saturated rings. The summed E-state index contributed by atoms with van der Waals surface area (Å²) < 4.78 is 13.5. The molecule has 1 saturated heterocycles. The van der Waals surface area contributed by atoms with E-state index in [0.29, 0.717) is 6.61 Å². The molecular formula is C16H23N5O2. The second-order valence-electron chi connectivity index (χ2n) is 5.90. The molecule has 0 spiro atoms. The van der Waals surface area contributed by atoms with Crippen LogP contribution in [0.25, 0.3) is 0 Å². The van der Waals surface area contributed by atoms with Gasteiger partial charge in [0.2, 0.25) is 0 Å². The molecule has 0 unspecified atom stereocenters. The summed E-state index contributed by atoms with van der Waals surface area (Å²) in [5, 5.41) is 8.39. The Kier molecular flexibility index (Phi) is 4.88. The lowest BCUT2D eigenvalue weighted by atomic mass is 10.2. The first-order chi connectivity index (χ1) is 11.2. The van der Waals surface area contributed by atoms with Gasteiger partial charge in [0.1, 0.15) is 24.0 Å². The zero-order valence-corrected chi connectivity index (χ0v) is 13.8. The highest BCUT2D eigenvalue weighted by Crippen LogP contribution is 2.23. The highest BCUT2D eigenvalue weighted by Gasteiger charge is 2.33. The van der Waals surface area contributed by atoms with Gasteiger partial charge in [0.15, 0.2) is 0 Å². The number of nitrogens with zero attached hydrogens (tertiary/aromatic N) is 5. The Morgan fingerprint density at radius 3 is 2.87 bits per heavy atom. The van der Waals surface area contributed by atoms with Crippen molar-refractivity contribution in [1.29, 1.82) is 0 Å². The van der Waals surface area contributed by atoms with E-state index >= 15 is 0 Å². The van der Waals surface area contributed by atoms with Crippen LogP contribution >= 0.6 is 0 Å². The molecule has 0 radical (unpaired) electrons. The number of likely N-dealkylation sites (tertiary alicyclic amines) is 1. The lowest BCUT2D eigenvalue weighted by Crippen LogP contribution is -2.34. The largest absolute Gasteiger partial charge is 0.490 e. The summed E-state index contributed by atoms with van der Waals surface area (Å²) in [6, 6.07) is 4.09. The van der Waals surface area contributed by atoms with Crippen molar-refractivity contribution in [1.82, 2.24) is 24.6 Å². The Morgan fingerprint density at radius 1 is 1.35 bits per heavy atom. The zero-order valence-electron chi connectivity index (χ0n) is 13.8. The first-order valence-corrected chi connectivity index (χ1v) is 7.82. The molecule has 2 atom stereocenters. The molecule has 0 bridgehead atoms. The van der Waals surface area contributed by atoms with Crippen LogP contribution in [0.3, 0.4) is 0 Å². The van der Waals surface area contributed by atoms with E-state index < -0.39 is 0 Å². The van der Waals surface area contributed by atoms with Crippen LogP contribution in [0.15, 0.2) is 24.5 Å². The molecule has 1 aliphatic rings. The summed E-state index contributed by atoms with van der Waals surface area (Å²) >= 11 is 0. The summed E-state index contributed by atoms with van der Waals surface area (Å²) in [5.74, 6) is 2.68. The second-order valence-corrected chi connectivity index (χ2v) is 5.90. The van der Waals surface area contributed by atoms with Gasteiger partial charge < -0.3 is 14.0 Å². The number of rotatable bonds is 6. The van der Waals surface area contributed by atoms with E-state index in [9.17, 15) is 0 Å². The standard InChI is InChI=1S/C16H23N5O2/c1-12-18-19-16(20(12)2)10-21-9-15(22-3)7-13(21)11-23-14-5-4-6-17-8-14/h4-6,8,13,15H,7,9-11H2,1-3H3/t13-,15+/m0/s1. The molecular weight excluding hydrogens is 294 g/mol. The van der Waals surface area contributed by atoms with Crippen LogP contribution in [-0.4, -0.2) is 57.1 Å². The quantitative estimate of drug-likeness (QED) is 0.797. The molecule has 2 aromatic rings. The summed E-state index contributed by atoms with van der Waals surface area (Å²) in [6.45, 7) is 4.20. The molecule has 2 aromatic heterocycles. The number of pyridine rings is 1. The minimum absolute atomic E-state index is 0.229. The third kappa shape index (κ3) is 3.68. The van der Waals surface area contributed by atoms with Gasteiger partial charge in [-0.15, -0.1) is 10.2 Å². The molecule has 0 amide bonds. The van der Waals surface area contributed by atoms with Gasteiger partial charge >= 0.3 is 0 Å². The predicted octanol–water partition coefficient (Wildman–Crippen LogP) is 1.19. The van der Waals surface area contributed by atoms with Crippen LogP contribution < -0.4 is 4.74 Å². The van der Waals surface area contributed by atoms with Gasteiger partial charge in [0.25, 0.3) is 0 Å². The molecule has 0 saturated carbocycles. The van der Waals surface area contributed by atoms with Crippen molar-refractivity contribution in [3.63, 3.8) is 0 Å². The average Bonchev–Trinajstić information content (AvgIpc) is 3.12. The number of aromatic nitrogens is 4. The van der Waals surface area contributed by atoms with Gasteiger partial charge in [-0.05, 0) is 25.5 Å². The van der Waals surface area contributed by atoms with E-state index in [0.717, 1.165) is 36.9 Å². The lowest BCUT2D eigenvalue weighted by molar-refractivity contribution is 0.106. The van der Waals surface area contributed by atoms with Crippen LogP contribution in [0.4, 0.5) is 0 Å². The van der Waals surface area contributed by atoms with Gasteiger partial charge in [-0.1, -0.05) is 0 Å². The van der Waals surface area contributed by atoms with Crippen LogP contribution in [0.5, 0.6) is 5.75 Å². The number of hydrogen-bond acceptors (Lipinski definition) is 6. The van der Waals surface area contributed by atoms with Gasteiger partial charge in [0, 0.05) is 32.9 Å². The van der Waals surface area contributed by atoms with Crippen LogP contribution in [0, 0.1) is 6.92 Å². The first kappa shape index (κ1) is 15.9. The topological polar surface area (TPSA) is 65.3 Å². The summed E-state index contributed by atoms with van der Waals surface area (Å²) in [6.07, 6.45) is 4.66. The van der Waals surface area contributed by atoms with Crippen molar-refractivity contribution in [2.75, 3.05) is 20.3 Å². The molecule has 0 N–H and O–H groups in total. The Labute approximate surface area is 136 Å². The Bertz CT molecular complexity index is 631. The molecule has 0 aromatic carbocycles. The number of aryl methyl sites for hydroxylation is 1. The maximum atomic E-state index is 5.88. The number of methoxy groups -OCH3 is 1. The van der Waals surface area contributed by atoms with E-state index in [1.54, 1.807) is 19.5 Å². The first-order valence-electron chi connectivity index (χ1n) is 7.82. The molecule has 124 valence electrons. The Hall–Kier alpha value is -1.99. The van der Waals surface area contributed by atoms with Crippen molar-refractivity contribution in [3.8, 4) is 5.75 Å². The Balaban J connectivity index is 1.65. The molecule has 7 heteroatoms. The normalized spacial score (nSPS) is 21.7. The van der Waals surface area contributed by atoms with Gasteiger partial charge in [-0.3, -0.25) is 9.88 Å². The van der Waals surface area contributed by atoms with Crippen LogP contribution in [0.1, 0.15) is 18.1 Å². The number of hydrogen-bond donors (Lipinski definition) is 0. The fourth-order valence-electron chi connectivity index (χ4n) is 2.87. The predicted molar refractivity (Wildman–Crippen MR) is 85.1 cm³/mol. The van der Waals surface area contributed by atoms with E-state index in [2.05, 4.69) is 20.1 Å². The Morgan fingerprint density at radius 2 is 2.22 bits per heavy atom. The lowest BCUT2D eigenvalue weighted by Gasteiger charge is -2.23. The monoisotopic (exact) mass is 317 g/mol. The van der Waals surface area contributed by atoms with E-state index in [1.165, 1.54) is 0 Å². The second kappa shape index (κ2) is 7.06. The van der Waals surface area contributed by atoms with Crippen molar-refractivity contribution in [3.05, 3.63) is 36.2 Å². The minimum Gasteiger partial charge on any atom is -0.490 e. The average molecular weight is 317 g/mol. The van der Waals surface area contributed by atoms with E-state index in [4.69, 9.17) is 9.47 Å². The van der Waals surface area contributed by atoms with Gasteiger partial charge in [-0.25, -0.2) is 0 Å². The van der Waals surface area contributed by atoms with Gasteiger partial charge in [0.05, 0.1) is 18.8 Å². The van der Waals surface area contributed by atoms with Crippen molar-refractivity contribution in [2.24, 2.45) is 7.05 Å². The molecule has 3 heterocycles. The molecule has 1 aliphatic heterocycles. The van der Waals surface area contributed by atoms with E-state index in [1.807, 2.05) is 30.7 Å². The maximum absolute atomic E-state index is 5.88. The summed E-state index contributed by atoms with van der Waals surface area (Å²) in [5.41, 5.74) is 0. The molecule has 7 nitrogen and oxygen atoms in total. The molecule has 23 heavy (non-hydrogen) atoms. The summed E-state index contributed by atoms with van der Waals surface area (Å²) in [7, 11) is 3.76. The van der Waals surface area contributed by atoms with Crippen molar-refractivity contribution < 1.29 is 9.47 Å². The van der Waals surface area contributed by atoms with E-state index in [-0.39, 0.29) is 12.1 Å². The van der Waals surface area contributed by atoms with Crippen molar-refractivity contribution >= 4 is 0 Å². The van der Waals surface area contributed by atoms with Crippen molar-refractivity contribution in [2.45, 2.75) is 32.0 Å². The highest BCUT2D eigenvalue weighted by atomic mass is 16.5. The highest BCUT2D eigenvalue weighted by molar-refractivity contribution is 5.15. The summed E-state index contributed by atoms with van der Waals surface area (Å²) in [4.78, 5) is 6.43. The molecule has 3 rings (SSSR count). The number of ether oxygens (including phenoxy) is 2. The smallest absolute Gasteiger partial charge is 0.146 e. The SMILES string of the molecule is CO[C@@H]1C[C@@H](COc2cccnc2)N(Cc2nnc(C)n2C)C1. The fraction of sp³-hybridized carbons (Fsp3) is 0.562. The van der Waals surface area contributed by atoms with Crippen LogP contribution in [0.2, 0.25) is 0 Å². The van der Waals surface area contributed by atoms with Crippen LogP contribution in [-0.2, 0) is 18.3 Å². The fourth-order valence-corrected chi connectivity index (χ4v) is 2.87. The maximum Gasteiger partial charge on any atom is 0.146 e. The zero-order chi connectivity index (χ0) is 16.2. The molecule has 0 aliphatic carbocycles. The third-order valence-corrected chi connectivity index (χ3v) is 4.43.